The van der Waals surface area contributed by atoms with Crippen molar-refractivity contribution in [3.63, 3.8) is 0 Å². The predicted octanol–water partition coefficient (Wildman–Crippen LogP) is 21.1. The number of nitriles is 1. The van der Waals surface area contributed by atoms with Gasteiger partial charge in [-0.15, -0.1) is 0 Å². The topological polar surface area (TPSA) is 35.2 Å². The summed E-state index contributed by atoms with van der Waals surface area (Å²) in [6.45, 7) is 6.69. The van der Waals surface area contributed by atoms with Crippen molar-refractivity contribution in [3.8, 4) is 67.4 Å². The first-order chi connectivity index (χ1) is 59.1. The number of anilines is 6. The lowest BCUT2D eigenvalue weighted by Crippen LogP contribution is -2.75. The average Bonchev–Trinajstić information content (AvgIpc) is 0.820. The molecule has 3 heterocycles. The third kappa shape index (κ3) is 12.3. The molecule has 0 bridgehead atoms. The second kappa shape index (κ2) is 30.1. The molecule has 2 aliphatic heterocycles. The molecule has 19 aromatic rings. The highest BCUT2D eigenvalue weighted by Crippen LogP contribution is 2.50. The van der Waals surface area contributed by atoms with Gasteiger partial charge in [0.25, 0.3) is 6.71 Å². The molecule has 4 nitrogen and oxygen atoms in total. The molecule has 7 heteroatoms. The zero-order valence-corrected chi connectivity index (χ0v) is 69.1. The Bertz CT molecular complexity index is 7040. The lowest BCUT2D eigenvalue weighted by Gasteiger charge is -2.45. The van der Waals surface area contributed by atoms with Gasteiger partial charge < -0.3 is 14.4 Å². The summed E-state index contributed by atoms with van der Waals surface area (Å²) in [6.07, 6.45) is 0. The highest BCUT2D eigenvalue weighted by molar-refractivity contribution is 7.20. The van der Waals surface area contributed by atoms with E-state index in [2.05, 4.69) is 484 Å². The van der Waals surface area contributed by atoms with E-state index < -0.39 is 16.1 Å². The molecule has 2 aliphatic rings. The predicted molar refractivity (Wildman–Crippen MR) is 513 cm³/mol. The van der Waals surface area contributed by atoms with E-state index in [9.17, 15) is 5.26 Å². The minimum atomic E-state index is -3.33. The van der Waals surface area contributed by atoms with Crippen molar-refractivity contribution < 1.29 is 0 Å². The Balaban J connectivity index is 0.866. The molecule has 0 spiro atoms. The number of nitrogens with zero attached hydrogens (tertiary/aromatic N) is 4. The fourth-order valence-corrected chi connectivity index (χ4v) is 29.2. The molecule has 0 saturated heterocycles. The van der Waals surface area contributed by atoms with Gasteiger partial charge in [0.1, 0.15) is 0 Å². The lowest BCUT2D eigenvalue weighted by atomic mass is 9.33. The fraction of sp³-hybridized carbons (Fsp3) is 0.0354. The van der Waals surface area contributed by atoms with Crippen molar-refractivity contribution in [2.75, 3.05) is 9.80 Å². The molecule has 0 aliphatic carbocycles. The van der Waals surface area contributed by atoms with Gasteiger partial charge in [0, 0.05) is 44.8 Å². The molecule has 0 N–H and O–H groups in total. The Kier molecular flexibility index (Phi) is 18.3. The smallest absolute Gasteiger partial charge is 0.252 e. The van der Waals surface area contributed by atoms with Crippen LogP contribution in [-0.4, -0.2) is 27.4 Å². The van der Waals surface area contributed by atoms with Gasteiger partial charge in [-0.1, -0.05) is 397 Å². The number of aromatic nitrogens is 1. The molecule has 0 atom stereocenters. The normalized spacial score (nSPS) is 12.4. The minimum Gasteiger partial charge on any atom is -0.311 e. The number of hydrogen-bond donors (Lipinski definition) is 0. The maximum atomic E-state index is 10.7. The lowest BCUT2D eigenvalue weighted by molar-refractivity contribution is 0.590. The van der Waals surface area contributed by atoms with Crippen molar-refractivity contribution >= 4 is 137 Å². The van der Waals surface area contributed by atoms with Gasteiger partial charge >= 0.3 is 0 Å². The first-order valence-corrected chi connectivity index (χ1v) is 45.6. The highest BCUT2D eigenvalue weighted by Gasteiger charge is 2.48. The van der Waals surface area contributed by atoms with Crippen molar-refractivity contribution in [2.24, 2.45) is 0 Å². The van der Waals surface area contributed by atoms with Crippen molar-refractivity contribution in [3.05, 3.63) is 460 Å². The summed E-state index contributed by atoms with van der Waals surface area (Å²) >= 11 is 0. The molecule has 0 fully saturated rings. The Morgan fingerprint density at radius 3 is 1.18 bits per heavy atom. The van der Waals surface area contributed by atoms with Gasteiger partial charge in [-0.25, -0.2) is 0 Å². The first kappa shape index (κ1) is 73.0. The van der Waals surface area contributed by atoms with Crippen LogP contribution in [0, 0.1) is 11.3 Å². The SMILES string of the molecule is CC(C)(C)c1ccc(N2c3cc(-c4ccc([Si](c5ccccc5)(c5ccccc5)c5cccc(-c6ccccc6)c5)cc4)ccc3B3c4ccc([Si](c5ccccc5)(c5ccccc5)c5cccc(-c6ccccc6)c5)cc4N(c4ccc(-c5ccccc5)cc4)c4cc(-n5c6ccccc6c6cc(C#N)ccc65)cc2c43)c(-c2ccccc2)c1. The van der Waals surface area contributed by atoms with E-state index in [1.54, 1.807) is 0 Å². The van der Waals surface area contributed by atoms with E-state index >= 15 is 0 Å². The van der Waals surface area contributed by atoms with Crippen molar-refractivity contribution in [1.82, 2.24) is 4.57 Å². The minimum absolute atomic E-state index is 0.176. The molecule has 1 aromatic heterocycles. The Morgan fingerprint density at radius 1 is 0.258 bits per heavy atom. The summed E-state index contributed by atoms with van der Waals surface area (Å²) in [7, 11) is -6.37. The van der Waals surface area contributed by atoms with Gasteiger partial charge in [0.05, 0.1) is 34.0 Å². The van der Waals surface area contributed by atoms with Crippen LogP contribution in [0.3, 0.4) is 0 Å². The summed E-state index contributed by atoms with van der Waals surface area (Å²) in [5.74, 6) is 0. The quantitative estimate of drug-likeness (QED) is 0.0714. The van der Waals surface area contributed by atoms with Crippen LogP contribution in [0.5, 0.6) is 0 Å². The summed E-state index contributed by atoms with van der Waals surface area (Å²) in [5.41, 5.74) is 26.4. The molecular weight excluding hydrogens is 1480 g/mol. The van der Waals surface area contributed by atoms with Crippen LogP contribution in [0.15, 0.2) is 449 Å². The van der Waals surface area contributed by atoms with Gasteiger partial charge in [-0.05, 0) is 192 Å². The maximum Gasteiger partial charge on any atom is 0.252 e. The Hall–Kier alpha value is -14.7. The molecule has 120 heavy (non-hydrogen) atoms. The zero-order chi connectivity index (χ0) is 80.5. The maximum absolute atomic E-state index is 10.7. The monoisotopic (exact) mass is 1560 g/mol. The number of para-hydroxylation sites is 1. The van der Waals surface area contributed by atoms with Crippen molar-refractivity contribution in [2.45, 2.75) is 26.2 Å². The molecule has 0 saturated carbocycles. The fourth-order valence-electron chi connectivity index (χ4n) is 19.6. The van der Waals surface area contributed by atoms with Gasteiger partial charge in [-0.2, -0.15) is 5.26 Å². The molecule has 0 unspecified atom stereocenters. The van der Waals surface area contributed by atoms with Gasteiger partial charge in [0.15, 0.2) is 16.1 Å². The van der Waals surface area contributed by atoms with Crippen LogP contribution < -0.4 is 67.7 Å². The van der Waals surface area contributed by atoms with Gasteiger partial charge in [-0.3, -0.25) is 0 Å². The van der Waals surface area contributed by atoms with E-state index in [1.807, 2.05) is 6.07 Å². The third-order valence-electron chi connectivity index (χ3n) is 25.3. The average molecular weight is 1560 g/mol. The molecule has 0 radical (unpaired) electrons. The standard InChI is InChI=1S/C113H83BN4Si2/c1-113(2,3)89-60-69-106(101(74-89)85-38-18-7-19-39-85)118-108-73-88(84-57-63-96(64-58-84)119(92-42-20-8-21-43-92,93-44-22-9-23-45-93)97-50-30-40-86(71-97)81-34-14-5-15-35-81)59-66-103(108)114-104-67-65-99(120(94-46-24-10-25-47-94,95-48-26-11-27-49-95)98-51-31-41-87(72-98)82-36-16-6-17-37-82)77-109(104)116(90-61-55-83(56-62-90)80-32-12-4-13-33-80)110-75-91(76-111(118)112(110)114)117-105-53-29-28-52-100(105)102-70-79(78-115)54-68-107(102)117/h4-77H,1-3H3. The highest BCUT2D eigenvalue weighted by atomic mass is 28.3. The van der Waals surface area contributed by atoms with E-state index in [0.29, 0.717) is 5.56 Å². The number of rotatable bonds is 16. The molecular formula is C113H83BN4Si2. The summed E-state index contributed by atoms with van der Waals surface area (Å²) in [6, 6.07) is 172. The molecule has 0 amide bonds. The van der Waals surface area contributed by atoms with E-state index in [1.165, 1.54) is 85.7 Å². The molecule has 566 valence electrons. The molecule has 21 rings (SSSR count). The van der Waals surface area contributed by atoms with Crippen molar-refractivity contribution in [1.29, 1.82) is 5.26 Å². The van der Waals surface area contributed by atoms with Crippen LogP contribution in [0.4, 0.5) is 34.1 Å². The third-order valence-corrected chi connectivity index (χ3v) is 34.8. The summed E-state index contributed by atoms with van der Waals surface area (Å²) < 4.78 is 2.46. The number of fused-ring (bicyclic) bond motifs is 7. The van der Waals surface area contributed by atoms with Crippen LogP contribution >= 0.6 is 0 Å². The second-order valence-electron chi connectivity index (χ2n) is 32.9. The zero-order valence-electron chi connectivity index (χ0n) is 67.1. The summed E-state index contributed by atoms with van der Waals surface area (Å²) in [4.78, 5) is 5.26. The van der Waals surface area contributed by atoms with Crippen LogP contribution in [0.25, 0.3) is 83.1 Å². The Morgan fingerprint density at radius 2 is 0.642 bits per heavy atom. The first-order valence-electron chi connectivity index (χ1n) is 41.6. The Labute approximate surface area is 704 Å². The van der Waals surface area contributed by atoms with Crippen LogP contribution in [0.2, 0.25) is 0 Å². The second-order valence-corrected chi connectivity index (χ2v) is 40.6. The van der Waals surface area contributed by atoms with Gasteiger partial charge in [0.2, 0.25) is 0 Å². The van der Waals surface area contributed by atoms with Crippen LogP contribution in [-0.2, 0) is 5.41 Å². The summed E-state index contributed by atoms with van der Waals surface area (Å²) in [5, 5.41) is 23.2. The van der Waals surface area contributed by atoms with E-state index in [0.717, 1.165) is 95.0 Å². The molecule has 18 aromatic carbocycles. The van der Waals surface area contributed by atoms with E-state index in [4.69, 9.17) is 0 Å². The van der Waals surface area contributed by atoms with E-state index in [-0.39, 0.29) is 12.1 Å². The largest absolute Gasteiger partial charge is 0.311 e. The van der Waals surface area contributed by atoms with Crippen LogP contribution in [0.1, 0.15) is 31.9 Å². The number of hydrogen-bond acceptors (Lipinski definition) is 3. The number of benzene rings is 18.